The largest absolute Gasteiger partial charge is 0.493 e. The minimum atomic E-state index is 0.162. The van der Waals surface area contributed by atoms with Crippen LogP contribution in [0.5, 0.6) is 23.0 Å². The first-order valence-electron chi connectivity index (χ1n) is 7.76. The molecular weight excluding hydrogens is 306 g/mol. The summed E-state index contributed by atoms with van der Waals surface area (Å²) in [4.78, 5) is 3.45. The molecule has 0 aromatic heterocycles. The van der Waals surface area contributed by atoms with E-state index in [1.54, 1.807) is 28.4 Å². The van der Waals surface area contributed by atoms with Crippen LogP contribution in [0.3, 0.4) is 0 Å². The molecule has 0 fully saturated rings. The van der Waals surface area contributed by atoms with Crippen LogP contribution in [0.1, 0.15) is 22.7 Å². The number of nitrogens with one attached hydrogen (secondary N) is 1. The number of hydrogen-bond donors (Lipinski definition) is 1. The first-order valence-corrected chi connectivity index (χ1v) is 7.76. The fraction of sp³-hybridized carbons (Fsp3) is 0.316. The van der Waals surface area contributed by atoms with Gasteiger partial charge in [-0.15, -0.1) is 0 Å². The molecule has 0 spiro atoms. The maximum Gasteiger partial charge on any atom is 0.180 e. The summed E-state index contributed by atoms with van der Waals surface area (Å²) in [6.45, 7) is 0. The molecule has 1 heterocycles. The molecule has 0 aliphatic carbocycles. The van der Waals surface area contributed by atoms with E-state index in [2.05, 4.69) is 11.1 Å². The standard InChI is InChI=1S/C19H21NO4/c1-21-16-6-5-12(8-17(16)22-2)15-7-13-9-18(23-3)19(24-4)10-14(13)11-20-15/h5-6,8-11,15H,7H2,1-4H3/p+1. The lowest BCUT2D eigenvalue weighted by atomic mass is 9.93. The van der Waals surface area contributed by atoms with E-state index in [4.69, 9.17) is 18.9 Å². The monoisotopic (exact) mass is 328 g/mol. The Hall–Kier alpha value is -2.69. The molecule has 1 atom stereocenters. The van der Waals surface area contributed by atoms with Gasteiger partial charge in [-0.25, -0.2) is 4.99 Å². The molecule has 24 heavy (non-hydrogen) atoms. The summed E-state index contributed by atoms with van der Waals surface area (Å²) >= 11 is 0. The van der Waals surface area contributed by atoms with Crippen molar-refractivity contribution >= 4 is 6.21 Å². The summed E-state index contributed by atoms with van der Waals surface area (Å²) in [6, 6.07) is 10.2. The molecule has 3 rings (SSSR count). The fourth-order valence-electron chi connectivity index (χ4n) is 3.00. The second kappa shape index (κ2) is 6.83. The molecule has 5 nitrogen and oxygen atoms in total. The third-order valence-electron chi connectivity index (χ3n) is 4.32. The first-order chi connectivity index (χ1) is 11.7. The summed E-state index contributed by atoms with van der Waals surface area (Å²) in [6.07, 6.45) is 2.86. The van der Waals surface area contributed by atoms with Crippen molar-refractivity contribution in [3.63, 3.8) is 0 Å². The third kappa shape index (κ3) is 2.89. The zero-order valence-corrected chi connectivity index (χ0v) is 14.4. The number of ether oxygens (including phenoxy) is 4. The van der Waals surface area contributed by atoms with Gasteiger partial charge in [-0.2, -0.15) is 0 Å². The highest BCUT2D eigenvalue weighted by atomic mass is 16.5. The van der Waals surface area contributed by atoms with Gasteiger partial charge in [0.15, 0.2) is 35.3 Å². The zero-order valence-electron chi connectivity index (χ0n) is 14.4. The van der Waals surface area contributed by atoms with Crippen molar-refractivity contribution < 1.29 is 23.9 Å². The number of rotatable bonds is 5. The van der Waals surface area contributed by atoms with Crippen LogP contribution >= 0.6 is 0 Å². The predicted molar refractivity (Wildman–Crippen MR) is 91.7 cm³/mol. The predicted octanol–water partition coefficient (Wildman–Crippen LogP) is 1.52. The highest BCUT2D eigenvalue weighted by molar-refractivity contribution is 5.80. The Morgan fingerprint density at radius 1 is 0.792 bits per heavy atom. The molecule has 0 saturated carbocycles. The molecule has 0 saturated heterocycles. The van der Waals surface area contributed by atoms with E-state index >= 15 is 0 Å². The lowest BCUT2D eigenvalue weighted by molar-refractivity contribution is -0.506. The summed E-state index contributed by atoms with van der Waals surface area (Å²) in [5, 5.41) is 0. The molecular formula is C19H22NO4+. The molecule has 1 aliphatic rings. The normalized spacial score (nSPS) is 15.6. The van der Waals surface area contributed by atoms with Gasteiger partial charge in [0.05, 0.1) is 28.4 Å². The van der Waals surface area contributed by atoms with Crippen molar-refractivity contribution in [1.82, 2.24) is 0 Å². The van der Waals surface area contributed by atoms with Gasteiger partial charge in [-0.3, -0.25) is 0 Å². The van der Waals surface area contributed by atoms with Gasteiger partial charge in [-0.05, 0) is 35.9 Å². The molecule has 5 heteroatoms. The van der Waals surface area contributed by atoms with Gasteiger partial charge < -0.3 is 18.9 Å². The van der Waals surface area contributed by atoms with E-state index < -0.39 is 0 Å². The van der Waals surface area contributed by atoms with Crippen LogP contribution in [-0.2, 0) is 6.42 Å². The highest BCUT2D eigenvalue weighted by Gasteiger charge is 2.25. The molecule has 2 aromatic carbocycles. The minimum Gasteiger partial charge on any atom is -0.493 e. The average molecular weight is 328 g/mol. The molecule has 126 valence electrons. The van der Waals surface area contributed by atoms with Crippen molar-refractivity contribution in [3.05, 3.63) is 47.0 Å². The minimum absolute atomic E-state index is 0.162. The summed E-state index contributed by atoms with van der Waals surface area (Å²) in [5.41, 5.74) is 3.47. The number of hydrogen-bond acceptors (Lipinski definition) is 4. The van der Waals surface area contributed by atoms with E-state index in [1.165, 1.54) is 5.56 Å². The quantitative estimate of drug-likeness (QED) is 0.904. The Kier molecular flexibility index (Phi) is 4.60. The highest BCUT2D eigenvalue weighted by Crippen LogP contribution is 2.34. The van der Waals surface area contributed by atoms with Crippen molar-refractivity contribution in [3.8, 4) is 23.0 Å². The molecule has 2 aromatic rings. The Balaban J connectivity index is 1.93. The zero-order chi connectivity index (χ0) is 17.1. The van der Waals surface area contributed by atoms with Crippen LogP contribution < -0.4 is 23.9 Å². The van der Waals surface area contributed by atoms with E-state index in [1.807, 2.05) is 30.5 Å². The van der Waals surface area contributed by atoms with E-state index in [9.17, 15) is 0 Å². The SMILES string of the molecule is COc1ccc(C2Cc3cc(OC)c(OC)cc3C=[NH+]2)cc1OC. The summed E-state index contributed by atoms with van der Waals surface area (Å²) in [7, 11) is 6.59. The smallest absolute Gasteiger partial charge is 0.180 e. The van der Waals surface area contributed by atoms with Crippen molar-refractivity contribution in [1.29, 1.82) is 0 Å². The average Bonchev–Trinajstić information content (AvgIpc) is 2.65. The van der Waals surface area contributed by atoms with Crippen LogP contribution in [-0.4, -0.2) is 34.7 Å². The van der Waals surface area contributed by atoms with Gasteiger partial charge in [0.1, 0.15) is 0 Å². The van der Waals surface area contributed by atoms with Gasteiger partial charge >= 0.3 is 0 Å². The van der Waals surface area contributed by atoms with Crippen LogP contribution in [0.2, 0.25) is 0 Å². The number of benzene rings is 2. The molecule has 0 radical (unpaired) electrons. The Morgan fingerprint density at radius 3 is 2.08 bits per heavy atom. The third-order valence-corrected chi connectivity index (χ3v) is 4.32. The van der Waals surface area contributed by atoms with Crippen molar-refractivity contribution in [2.24, 2.45) is 0 Å². The lowest BCUT2D eigenvalue weighted by Gasteiger charge is -2.18. The molecule has 1 N–H and O–H groups in total. The summed E-state index contributed by atoms with van der Waals surface area (Å²) in [5.74, 6) is 2.94. The number of fused-ring (bicyclic) bond motifs is 1. The van der Waals surface area contributed by atoms with Crippen molar-refractivity contribution in [2.45, 2.75) is 12.5 Å². The lowest BCUT2D eigenvalue weighted by Crippen LogP contribution is -2.73. The Morgan fingerprint density at radius 2 is 1.42 bits per heavy atom. The summed E-state index contributed by atoms with van der Waals surface area (Å²) < 4.78 is 21.5. The second-order valence-corrected chi connectivity index (χ2v) is 5.59. The van der Waals surface area contributed by atoms with Crippen molar-refractivity contribution in [2.75, 3.05) is 28.4 Å². The first kappa shape index (κ1) is 16.2. The van der Waals surface area contributed by atoms with Crippen LogP contribution in [0.4, 0.5) is 0 Å². The van der Waals surface area contributed by atoms with E-state index in [0.29, 0.717) is 0 Å². The fourth-order valence-corrected chi connectivity index (χ4v) is 3.00. The van der Waals surface area contributed by atoms with Gasteiger partial charge in [0.2, 0.25) is 0 Å². The van der Waals surface area contributed by atoms with Crippen LogP contribution in [0.15, 0.2) is 30.3 Å². The maximum absolute atomic E-state index is 5.41. The maximum atomic E-state index is 5.41. The molecule has 1 unspecified atom stereocenters. The van der Waals surface area contributed by atoms with Gasteiger partial charge in [0.25, 0.3) is 0 Å². The van der Waals surface area contributed by atoms with Gasteiger partial charge in [0, 0.05) is 17.5 Å². The Bertz CT molecular complexity index is 770. The molecule has 0 amide bonds. The Labute approximate surface area is 141 Å². The van der Waals surface area contributed by atoms with Gasteiger partial charge in [-0.1, -0.05) is 0 Å². The molecule has 0 bridgehead atoms. The van der Waals surface area contributed by atoms with Crippen LogP contribution in [0.25, 0.3) is 0 Å². The topological polar surface area (TPSA) is 50.9 Å². The van der Waals surface area contributed by atoms with E-state index in [-0.39, 0.29) is 6.04 Å². The van der Waals surface area contributed by atoms with E-state index in [0.717, 1.165) is 40.5 Å². The second-order valence-electron chi connectivity index (χ2n) is 5.59. The molecule has 1 aliphatic heterocycles. The van der Waals surface area contributed by atoms with Crippen LogP contribution in [0, 0.1) is 0 Å². The number of methoxy groups -OCH3 is 4.